The van der Waals surface area contributed by atoms with Crippen LogP contribution in [-0.2, 0) is 17.8 Å². The Morgan fingerprint density at radius 2 is 1.84 bits per heavy atom. The van der Waals surface area contributed by atoms with E-state index in [9.17, 15) is 0 Å². The van der Waals surface area contributed by atoms with E-state index in [2.05, 4.69) is 49.4 Å². The lowest BCUT2D eigenvalue weighted by atomic mass is 10.0. The molecule has 0 N–H and O–H groups in total. The zero-order valence-electron chi connectivity index (χ0n) is 11.5. The van der Waals surface area contributed by atoms with Crippen LogP contribution in [0.1, 0.15) is 36.5 Å². The maximum atomic E-state index is 5.78. The average Bonchev–Trinajstić information content (AvgIpc) is 2.83. The van der Waals surface area contributed by atoms with Crippen molar-refractivity contribution in [3.8, 4) is 11.1 Å². The summed E-state index contributed by atoms with van der Waals surface area (Å²) < 4.78 is 5.78. The van der Waals surface area contributed by atoms with Gasteiger partial charge >= 0.3 is 0 Å². The van der Waals surface area contributed by atoms with Crippen molar-refractivity contribution in [3.05, 3.63) is 59.2 Å². The second-order valence-corrected chi connectivity index (χ2v) is 5.18. The third-order valence-corrected chi connectivity index (χ3v) is 3.85. The average molecular weight is 252 g/mol. The van der Waals surface area contributed by atoms with Gasteiger partial charge in [-0.3, -0.25) is 0 Å². The van der Waals surface area contributed by atoms with Crippen LogP contribution in [0.2, 0.25) is 0 Å². The van der Waals surface area contributed by atoms with Crippen LogP contribution in [-0.4, -0.2) is 6.61 Å². The van der Waals surface area contributed by atoms with Gasteiger partial charge in [-0.2, -0.15) is 0 Å². The van der Waals surface area contributed by atoms with Gasteiger partial charge in [-0.15, -0.1) is 0 Å². The van der Waals surface area contributed by atoms with E-state index >= 15 is 0 Å². The SMILES string of the molecule is CCCCOCc1cccc2c1Cc1ccccc1-2. The molecule has 1 aliphatic rings. The second kappa shape index (κ2) is 5.58. The number of fused-ring (bicyclic) bond motifs is 3. The Morgan fingerprint density at radius 3 is 2.74 bits per heavy atom. The summed E-state index contributed by atoms with van der Waals surface area (Å²) in [6.45, 7) is 3.81. The molecule has 3 rings (SSSR count). The molecule has 0 atom stereocenters. The van der Waals surface area contributed by atoms with Gasteiger partial charge in [-0.05, 0) is 40.7 Å². The molecule has 0 aromatic heterocycles. The van der Waals surface area contributed by atoms with Crippen molar-refractivity contribution in [1.82, 2.24) is 0 Å². The molecule has 0 spiro atoms. The normalized spacial score (nSPS) is 12.3. The Labute approximate surface area is 115 Å². The Hall–Kier alpha value is -1.60. The summed E-state index contributed by atoms with van der Waals surface area (Å²) in [6.07, 6.45) is 3.40. The number of hydrogen-bond acceptors (Lipinski definition) is 1. The van der Waals surface area contributed by atoms with Crippen molar-refractivity contribution < 1.29 is 4.74 Å². The van der Waals surface area contributed by atoms with Crippen LogP contribution in [0.25, 0.3) is 11.1 Å². The predicted octanol–water partition coefficient (Wildman–Crippen LogP) is 4.57. The highest BCUT2D eigenvalue weighted by atomic mass is 16.5. The van der Waals surface area contributed by atoms with Gasteiger partial charge in [0.2, 0.25) is 0 Å². The minimum absolute atomic E-state index is 0.747. The number of unbranched alkanes of at least 4 members (excludes halogenated alkanes) is 1. The molecule has 0 unspecified atom stereocenters. The number of ether oxygens (including phenoxy) is 1. The summed E-state index contributed by atoms with van der Waals surface area (Å²) in [7, 11) is 0. The van der Waals surface area contributed by atoms with Gasteiger partial charge in [0.1, 0.15) is 0 Å². The summed E-state index contributed by atoms with van der Waals surface area (Å²) >= 11 is 0. The van der Waals surface area contributed by atoms with E-state index in [1.54, 1.807) is 0 Å². The Bertz CT molecular complexity index is 572. The van der Waals surface area contributed by atoms with Crippen molar-refractivity contribution in [2.75, 3.05) is 6.61 Å². The second-order valence-electron chi connectivity index (χ2n) is 5.18. The molecule has 0 bridgehead atoms. The molecule has 98 valence electrons. The van der Waals surface area contributed by atoms with Gasteiger partial charge < -0.3 is 4.74 Å². The molecular formula is C18H20O. The zero-order valence-corrected chi connectivity index (χ0v) is 11.5. The molecule has 1 aliphatic carbocycles. The molecular weight excluding hydrogens is 232 g/mol. The van der Waals surface area contributed by atoms with Crippen LogP contribution in [0.3, 0.4) is 0 Å². The number of rotatable bonds is 5. The molecule has 0 heterocycles. The molecule has 0 saturated carbocycles. The first kappa shape index (κ1) is 12.4. The fourth-order valence-corrected chi connectivity index (χ4v) is 2.79. The quantitative estimate of drug-likeness (QED) is 0.604. The summed E-state index contributed by atoms with van der Waals surface area (Å²) in [4.78, 5) is 0. The maximum Gasteiger partial charge on any atom is 0.0719 e. The lowest BCUT2D eigenvalue weighted by molar-refractivity contribution is 0.117. The van der Waals surface area contributed by atoms with Crippen LogP contribution < -0.4 is 0 Å². The van der Waals surface area contributed by atoms with Gasteiger partial charge in [0, 0.05) is 6.61 Å². The smallest absolute Gasteiger partial charge is 0.0719 e. The van der Waals surface area contributed by atoms with Crippen molar-refractivity contribution in [3.63, 3.8) is 0 Å². The standard InChI is InChI=1S/C18H20O/c1-2-3-11-19-13-15-8-6-10-17-16-9-5-4-7-14(16)12-18(15)17/h4-10H,2-3,11-13H2,1H3. The van der Waals surface area contributed by atoms with E-state index < -0.39 is 0 Å². The molecule has 0 fully saturated rings. The highest BCUT2D eigenvalue weighted by Crippen LogP contribution is 2.38. The van der Waals surface area contributed by atoms with Crippen molar-refractivity contribution in [1.29, 1.82) is 0 Å². The van der Waals surface area contributed by atoms with Gasteiger partial charge in [0.05, 0.1) is 6.61 Å². The molecule has 0 amide bonds. The van der Waals surface area contributed by atoms with Gasteiger partial charge in [0.25, 0.3) is 0 Å². The van der Waals surface area contributed by atoms with Crippen molar-refractivity contribution >= 4 is 0 Å². The topological polar surface area (TPSA) is 9.23 Å². The molecule has 0 radical (unpaired) electrons. The Morgan fingerprint density at radius 1 is 1.00 bits per heavy atom. The largest absolute Gasteiger partial charge is 0.377 e. The van der Waals surface area contributed by atoms with Crippen molar-refractivity contribution in [2.24, 2.45) is 0 Å². The van der Waals surface area contributed by atoms with Gasteiger partial charge in [0.15, 0.2) is 0 Å². The molecule has 0 saturated heterocycles. The minimum Gasteiger partial charge on any atom is -0.377 e. The van der Waals surface area contributed by atoms with Gasteiger partial charge in [-0.1, -0.05) is 55.8 Å². The van der Waals surface area contributed by atoms with Gasteiger partial charge in [-0.25, -0.2) is 0 Å². The van der Waals surface area contributed by atoms with E-state index in [0.29, 0.717) is 0 Å². The number of benzene rings is 2. The molecule has 1 nitrogen and oxygen atoms in total. The van der Waals surface area contributed by atoms with Crippen LogP contribution in [0.4, 0.5) is 0 Å². The summed E-state index contributed by atoms with van der Waals surface area (Å²) in [5.74, 6) is 0. The lowest BCUT2D eigenvalue weighted by Gasteiger charge is -2.09. The first-order chi connectivity index (χ1) is 9.40. The predicted molar refractivity (Wildman–Crippen MR) is 79.2 cm³/mol. The molecule has 2 aromatic carbocycles. The first-order valence-electron chi connectivity index (χ1n) is 7.17. The van der Waals surface area contributed by atoms with Crippen LogP contribution in [0, 0.1) is 0 Å². The van der Waals surface area contributed by atoms with Crippen LogP contribution in [0.5, 0.6) is 0 Å². The monoisotopic (exact) mass is 252 g/mol. The zero-order chi connectivity index (χ0) is 13.1. The van der Waals surface area contributed by atoms with E-state index in [-0.39, 0.29) is 0 Å². The van der Waals surface area contributed by atoms with E-state index in [4.69, 9.17) is 4.74 Å². The van der Waals surface area contributed by atoms with Crippen molar-refractivity contribution in [2.45, 2.75) is 32.8 Å². The minimum atomic E-state index is 0.747. The summed E-state index contributed by atoms with van der Waals surface area (Å²) in [5, 5.41) is 0. The third kappa shape index (κ3) is 2.43. The maximum absolute atomic E-state index is 5.78. The fourth-order valence-electron chi connectivity index (χ4n) is 2.79. The molecule has 1 heteroatoms. The first-order valence-corrected chi connectivity index (χ1v) is 7.17. The highest BCUT2D eigenvalue weighted by Gasteiger charge is 2.19. The summed E-state index contributed by atoms with van der Waals surface area (Å²) in [5.41, 5.74) is 7.05. The fraction of sp³-hybridized carbons (Fsp3) is 0.333. The van der Waals surface area contributed by atoms with E-state index in [1.165, 1.54) is 34.2 Å². The molecule has 2 aromatic rings. The molecule has 0 aliphatic heterocycles. The van der Waals surface area contributed by atoms with Crippen LogP contribution >= 0.6 is 0 Å². The van der Waals surface area contributed by atoms with E-state index in [1.807, 2.05) is 0 Å². The molecule has 19 heavy (non-hydrogen) atoms. The number of hydrogen-bond donors (Lipinski definition) is 0. The summed E-state index contributed by atoms with van der Waals surface area (Å²) in [6, 6.07) is 15.3. The lowest BCUT2D eigenvalue weighted by Crippen LogP contribution is -1.98. The Balaban J connectivity index is 1.82. The highest BCUT2D eigenvalue weighted by molar-refractivity contribution is 5.77. The third-order valence-electron chi connectivity index (χ3n) is 3.85. The van der Waals surface area contributed by atoms with Crippen LogP contribution in [0.15, 0.2) is 42.5 Å². The Kier molecular flexibility index (Phi) is 3.65. The van der Waals surface area contributed by atoms with E-state index in [0.717, 1.165) is 26.1 Å².